The number of amidine groups is 1. The number of nitrogen functional groups attached to an aromatic ring is 1. The highest BCUT2D eigenvalue weighted by Gasteiger charge is 2.06. The number of nitrogens with one attached hydrogen (secondary N) is 1. The molecular weight excluding hydrogens is 250 g/mol. The van der Waals surface area contributed by atoms with E-state index in [-0.39, 0.29) is 18.2 Å². The predicted molar refractivity (Wildman–Crippen MR) is 68.1 cm³/mol. The third-order valence-corrected chi connectivity index (χ3v) is 2.54. The molecule has 0 aliphatic rings. The maximum absolute atomic E-state index is 13.0. The molecule has 0 fully saturated rings. The van der Waals surface area contributed by atoms with Crippen molar-refractivity contribution in [2.45, 2.75) is 6.61 Å². The van der Waals surface area contributed by atoms with Gasteiger partial charge in [0.2, 0.25) is 0 Å². The van der Waals surface area contributed by atoms with Crippen molar-refractivity contribution in [3.63, 3.8) is 0 Å². The number of hydrogen-bond acceptors (Lipinski definition) is 2. The number of rotatable bonds is 4. The van der Waals surface area contributed by atoms with Crippen LogP contribution in [0.2, 0.25) is 0 Å². The minimum atomic E-state index is -0.699. The SMILES string of the molecule is N=C(N)c1ccccc1COc1cc(F)cc(F)c1. The first-order valence-electron chi connectivity index (χ1n) is 5.57. The van der Waals surface area contributed by atoms with Crippen LogP contribution in [0.3, 0.4) is 0 Å². The summed E-state index contributed by atoms with van der Waals surface area (Å²) in [6.45, 7) is 0.0820. The lowest BCUT2D eigenvalue weighted by Gasteiger charge is -2.10. The molecule has 0 atom stereocenters. The molecule has 3 N–H and O–H groups in total. The van der Waals surface area contributed by atoms with Gasteiger partial charge in [0.05, 0.1) is 0 Å². The minimum absolute atomic E-state index is 0.0791. The minimum Gasteiger partial charge on any atom is -0.489 e. The van der Waals surface area contributed by atoms with Crippen LogP contribution in [0.5, 0.6) is 5.75 Å². The summed E-state index contributed by atoms with van der Waals surface area (Å²) in [6.07, 6.45) is 0. The van der Waals surface area contributed by atoms with Gasteiger partial charge in [0, 0.05) is 29.3 Å². The lowest BCUT2D eigenvalue weighted by atomic mass is 10.1. The van der Waals surface area contributed by atoms with Crippen LogP contribution < -0.4 is 10.5 Å². The maximum Gasteiger partial charge on any atom is 0.129 e. The molecule has 98 valence electrons. The van der Waals surface area contributed by atoms with Crippen molar-refractivity contribution in [2.75, 3.05) is 0 Å². The molecule has 2 aromatic carbocycles. The van der Waals surface area contributed by atoms with Gasteiger partial charge in [-0.15, -0.1) is 0 Å². The Kier molecular flexibility index (Phi) is 3.75. The largest absolute Gasteiger partial charge is 0.489 e. The molecule has 3 nitrogen and oxygen atoms in total. The quantitative estimate of drug-likeness (QED) is 0.657. The fourth-order valence-corrected chi connectivity index (χ4v) is 1.68. The van der Waals surface area contributed by atoms with Crippen LogP contribution in [-0.2, 0) is 6.61 Å². The number of nitrogens with two attached hydrogens (primary N) is 1. The van der Waals surface area contributed by atoms with E-state index < -0.39 is 11.6 Å². The molecule has 0 radical (unpaired) electrons. The summed E-state index contributed by atoms with van der Waals surface area (Å²) >= 11 is 0. The zero-order chi connectivity index (χ0) is 13.8. The van der Waals surface area contributed by atoms with Crippen molar-refractivity contribution >= 4 is 5.84 Å². The number of ether oxygens (including phenoxy) is 1. The van der Waals surface area contributed by atoms with Gasteiger partial charge < -0.3 is 10.5 Å². The standard InChI is InChI=1S/C14H12F2N2O/c15-10-5-11(16)7-12(6-10)19-8-9-3-1-2-4-13(9)14(17)18/h1-7H,8H2,(H3,17,18). The molecule has 0 bridgehead atoms. The smallest absolute Gasteiger partial charge is 0.129 e. The van der Waals surface area contributed by atoms with Crippen LogP contribution in [0.4, 0.5) is 8.78 Å². The number of hydrogen-bond donors (Lipinski definition) is 2. The van der Waals surface area contributed by atoms with Gasteiger partial charge in [-0.05, 0) is 0 Å². The summed E-state index contributed by atoms with van der Waals surface area (Å²) in [4.78, 5) is 0. The van der Waals surface area contributed by atoms with Crippen LogP contribution in [0, 0.1) is 17.0 Å². The molecule has 0 spiro atoms. The van der Waals surface area contributed by atoms with Gasteiger partial charge in [-0.2, -0.15) is 0 Å². The van der Waals surface area contributed by atoms with E-state index in [9.17, 15) is 8.78 Å². The van der Waals surface area contributed by atoms with E-state index in [2.05, 4.69) is 0 Å². The second kappa shape index (κ2) is 5.48. The summed E-state index contributed by atoms with van der Waals surface area (Å²) in [5.74, 6) is -1.38. The van der Waals surface area contributed by atoms with Crippen molar-refractivity contribution in [3.8, 4) is 5.75 Å². The van der Waals surface area contributed by atoms with Gasteiger partial charge in [-0.1, -0.05) is 24.3 Å². The van der Waals surface area contributed by atoms with E-state index in [1.54, 1.807) is 24.3 Å². The van der Waals surface area contributed by atoms with Crippen molar-refractivity contribution in [3.05, 3.63) is 65.2 Å². The zero-order valence-electron chi connectivity index (χ0n) is 9.99. The second-order valence-electron chi connectivity index (χ2n) is 3.96. The van der Waals surface area contributed by atoms with Crippen LogP contribution in [-0.4, -0.2) is 5.84 Å². The lowest BCUT2D eigenvalue weighted by molar-refractivity contribution is 0.302. The van der Waals surface area contributed by atoms with Gasteiger partial charge >= 0.3 is 0 Å². The first kappa shape index (κ1) is 13.0. The molecule has 19 heavy (non-hydrogen) atoms. The van der Waals surface area contributed by atoms with E-state index in [4.69, 9.17) is 15.9 Å². The number of halogens is 2. The van der Waals surface area contributed by atoms with Gasteiger partial charge in [0.15, 0.2) is 0 Å². The Morgan fingerprint density at radius 2 is 1.74 bits per heavy atom. The van der Waals surface area contributed by atoms with Crippen molar-refractivity contribution in [1.82, 2.24) is 0 Å². The highest BCUT2D eigenvalue weighted by molar-refractivity contribution is 5.96. The van der Waals surface area contributed by atoms with E-state index in [1.165, 1.54) is 0 Å². The molecule has 0 saturated heterocycles. The van der Waals surface area contributed by atoms with Crippen molar-refractivity contribution < 1.29 is 13.5 Å². The molecule has 0 amide bonds. The maximum atomic E-state index is 13.0. The van der Waals surface area contributed by atoms with Crippen LogP contribution in [0.25, 0.3) is 0 Å². The van der Waals surface area contributed by atoms with Crippen LogP contribution in [0.15, 0.2) is 42.5 Å². The first-order chi connectivity index (χ1) is 9.06. The topological polar surface area (TPSA) is 59.1 Å². The van der Waals surface area contributed by atoms with Crippen molar-refractivity contribution in [2.24, 2.45) is 5.73 Å². The Morgan fingerprint density at radius 3 is 2.37 bits per heavy atom. The Labute approximate surface area is 109 Å². The fourth-order valence-electron chi connectivity index (χ4n) is 1.68. The van der Waals surface area contributed by atoms with Crippen LogP contribution >= 0.6 is 0 Å². The van der Waals surface area contributed by atoms with E-state index in [0.717, 1.165) is 18.2 Å². The molecule has 0 aliphatic heterocycles. The van der Waals surface area contributed by atoms with Crippen LogP contribution in [0.1, 0.15) is 11.1 Å². The molecule has 0 aromatic heterocycles. The van der Waals surface area contributed by atoms with Gasteiger partial charge in [0.1, 0.15) is 29.8 Å². The highest BCUT2D eigenvalue weighted by atomic mass is 19.1. The zero-order valence-corrected chi connectivity index (χ0v) is 9.99. The third kappa shape index (κ3) is 3.28. The van der Waals surface area contributed by atoms with E-state index in [0.29, 0.717) is 11.1 Å². The fraction of sp³-hybridized carbons (Fsp3) is 0.0714. The molecule has 2 aromatic rings. The summed E-state index contributed by atoms with van der Waals surface area (Å²) in [7, 11) is 0. The Hall–Kier alpha value is -2.43. The summed E-state index contributed by atoms with van der Waals surface area (Å²) < 4.78 is 31.3. The second-order valence-corrected chi connectivity index (χ2v) is 3.96. The normalized spacial score (nSPS) is 10.2. The average molecular weight is 262 g/mol. The number of benzene rings is 2. The Balaban J connectivity index is 2.16. The highest BCUT2D eigenvalue weighted by Crippen LogP contribution is 2.18. The summed E-state index contributed by atoms with van der Waals surface area (Å²) in [6, 6.07) is 9.92. The van der Waals surface area contributed by atoms with Crippen molar-refractivity contribution in [1.29, 1.82) is 5.41 Å². The molecule has 2 rings (SSSR count). The molecule has 5 heteroatoms. The summed E-state index contributed by atoms with van der Waals surface area (Å²) in [5.41, 5.74) is 6.66. The first-order valence-corrected chi connectivity index (χ1v) is 5.57. The molecule has 0 heterocycles. The lowest BCUT2D eigenvalue weighted by Crippen LogP contribution is -2.14. The molecule has 0 saturated carbocycles. The summed E-state index contributed by atoms with van der Waals surface area (Å²) in [5, 5.41) is 7.43. The average Bonchev–Trinajstić information content (AvgIpc) is 2.35. The monoisotopic (exact) mass is 262 g/mol. The third-order valence-electron chi connectivity index (χ3n) is 2.54. The molecule has 0 aliphatic carbocycles. The Morgan fingerprint density at radius 1 is 1.11 bits per heavy atom. The van der Waals surface area contributed by atoms with Gasteiger partial charge in [-0.25, -0.2) is 8.78 Å². The molecule has 0 unspecified atom stereocenters. The Bertz CT molecular complexity index is 594. The predicted octanol–water partition coefficient (Wildman–Crippen LogP) is 2.83. The van der Waals surface area contributed by atoms with E-state index >= 15 is 0 Å². The van der Waals surface area contributed by atoms with E-state index in [1.807, 2.05) is 0 Å². The molecular formula is C14H12F2N2O. The van der Waals surface area contributed by atoms with Gasteiger partial charge in [-0.3, -0.25) is 5.41 Å². The van der Waals surface area contributed by atoms with Gasteiger partial charge in [0.25, 0.3) is 0 Å².